The van der Waals surface area contributed by atoms with Crippen LogP contribution < -0.4 is 10.1 Å². The normalized spacial score (nSPS) is 10.9. The highest BCUT2D eigenvalue weighted by Crippen LogP contribution is 2.30. The van der Waals surface area contributed by atoms with Gasteiger partial charge < -0.3 is 10.1 Å². The number of halogens is 1. The molecule has 2 heterocycles. The smallest absolute Gasteiger partial charge is 0.256 e. The van der Waals surface area contributed by atoms with Crippen molar-refractivity contribution in [2.75, 3.05) is 11.9 Å². The van der Waals surface area contributed by atoms with Gasteiger partial charge in [0.25, 0.3) is 5.91 Å². The van der Waals surface area contributed by atoms with Gasteiger partial charge in [-0.05, 0) is 79.6 Å². The van der Waals surface area contributed by atoms with Crippen LogP contribution in [0, 0.1) is 12.7 Å². The highest BCUT2D eigenvalue weighted by molar-refractivity contribution is 6.05. The van der Waals surface area contributed by atoms with E-state index in [2.05, 4.69) is 17.2 Å². The molecule has 6 heteroatoms. The Labute approximate surface area is 180 Å². The molecule has 1 amide bonds. The molecule has 4 rings (SSSR count). The minimum absolute atomic E-state index is 0.258. The maximum Gasteiger partial charge on any atom is 0.256 e. The molecule has 0 atom stereocenters. The van der Waals surface area contributed by atoms with Crippen LogP contribution in [0.2, 0.25) is 0 Å². The second-order valence-corrected chi connectivity index (χ2v) is 7.43. The van der Waals surface area contributed by atoms with E-state index in [1.807, 2.05) is 29.7 Å². The van der Waals surface area contributed by atoms with Gasteiger partial charge in [-0.15, -0.1) is 0 Å². The summed E-state index contributed by atoms with van der Waals surface area (Å²) >= 11 is 0. The second-order valence-electron chi connectivity index (χ2n) is 7.43. The molecule has 2 aromatic heterocycles. The lowest BCUT2D eigenvalue weighted by molar-refractivity contribution is 0.102. The zero-order chi connectivity index (χ0) is 21.8. The Morgan fingerprint density at radius 1 is 1.10 bits per heavy atom. The number of nitrogens with one attached hydrogen (secondary N) is 1. The fourth-order valence-corrected chi connectivity index (χ4v) is 3.29. The van der Waals surface area contributed by atoms with Crippen molar-refractivity contribution < 1.29 is 13.9 Å². The number of rotatable bonds is 7. The van der Waals surface area contributed by atoms with Gasteiger partial charge in [0.2, 0.25) is 0 Å². The van der Waals surface area contributed by atoms with E-state index in [0.29, 0.717) is 29.3 Å². The molecule has 0 aliphatic heterocycles. The number of aryl methyl sites for hydroxylation is 1. The summed E-state index contributed by atoms with van der Waals surface area (Å²) in [4.78, 5) is 17.7. The molecule has 0 aliphatic carbocycles. The summed E-state index contributed by atoms with van der Waals surface area (Å²) in [6.45, 7) is 4.75. The van der Waals surface area contributed by atoms with Crippen LogP contribution in [0.25, 0.3) is 16.9 Å². The average molecular weight is 417 g/mol. The predicted molar refractivity (Wildman–Crippen MR) is 120 cm³/mol. The maximum atomic E-state index is 13.4. The number of hydrogen-bond acceptors (Lipinski definition) is 3. The first kappa shape index (κ1) is 20.6. The summed E-state index contributed by atoms with van der Waals surface area (Å²) in [5.41, 5.74) is 3.57. The van der Waals surface area contributed by atoms with Crippen molar-refractivity contribution in [3.8, 4) is 17.0 Å². The van der Waals surface area contributed by atoms with E-state index in [9.17, 15) is 9.18 Å². The second kappa shape index (κ2) is 9.00. The zero-order valence-corrected chi connectivity index (χ0v) is 17.6. The topological polar surface area (TPSA) is 55.6 Å². The minimum Gasteiger partial charge on any atom is -0.494 e. The van der Waals surface area contributed by atoms with Crippen molar-refractivity contribution in [3.05, 3.63) is 83.8 Å². The Morgan fingerprint density at radius 2 is 1.84 bits per heavy atom. The van der Waals surface area contributed by atoms with E-state index in [1.165, 1.54) is 12.1 Å². The van der Waals surface area contributed by atoms with E-state index >= 15 is 0 Å². The fourth-order valence-electron chi connectivity index (χ4n) is 3.29. The summed E-state index contributed by atoms with van der Waals surface area (Å²) in [6, 6.07) is 17.0. The Hall–Kier alpha value is -3.67. The molecule has 0 radical (unpaired) electrons. The number of carbonyl (C=O) groups is 1. The molecular weight excluding hydrogens is 393 g/mol. The van der Waals surface area contributed by atoms with Crippen LogP contribution in [0.5, 0.6) is 5.75 Å². The van der Waals surface area contributed by atoms with Crippen molar-refractivity contribution in [3.63, 3.8) is 0 Å². The Kier molecular flexibility index (Phi) is 5.98. The minimum atomic E-state index is -0.324. The number of imidazole rings is 1. The fraction of sp³-hybridized carbons (Fsp3) is 0.200. The lowest BCUT2D eigenvalue weighted by atomic mass is 10.1. The number of nitrogens with zero attached hydrogens (tertiary/aromatic N) is 2. The first-order valence-corrected chi connectivity index (χ1v) is 10.3. The Balaban J connectivity index is 1.64. The number of amides is 1. The molecule has 2 aromatic carbocycles. The van der Waals surface area contributed by atoms with Gasteiger partial charge in [-0.2, -0.15) is 0 Å². The molecule has 0 unspecified atom stereocenters. The van der Waals surface area contributed by atoms with Crippen LogP contribution in [0.4, 0.5) is 10.2 Å². The van der Waals surface area contributed by atoms with Crippen LogP contribution in [0.1, 0.15) is 35.7 Å². The van der Waals surface area contributed by atoms with E-state index in [4.69, 9.17) is 4.74 Å². The van der Waals surface area contributed by atoms with E-state index < -0.39 is 0 Å². The number of carbonyl (C=O) groups excluding carboxylic acids is 1. The molecular formula is C25H24FN3O2. The molecule has 0 fully saturated rings. The number of anilines is 1. The highest BCUT2D eigenvalue weighted by Gasteiger charge is 2.17. The third kappa shape index (κ3) is 4.58. The van der Waals surface area contributed by atoms with Gasteiger partial charge in [-0.1, -0.05) is 13.3 Å². The van der Waals surface area contributed by atoms with E-state index in [1.54, 1.807) is 36.4 Å². The number of ether oxygens (including phenoxy) is 1. The molecule has 158 valence electrons. The van der Waals surface area contributed by atoms with Crippen LogP contribution in [0.15, 0.2) is 66.9 Å². The molecule has 0 saturated carbocycles. The monoisotopic (exact) mass is 417 g/mol. The number of pyridine rings is 1. The Bertz CT molecular complexity index is 1200. The lowest BCUT2D eigenvalue weighted by Gasteiger charge is -2.09. The number of benzene rings is 2. The first-order chi connectivity index (χ1) is 15.0. The molecule has 0 aliphatic rings. The van der Waals surface area contributed by atoms with Crippen LogP contribution in [-0.2, 0) is 0 Å². The maximum absolute atomic E-state index is 13.4. The molecule has 1 N–H and O–H groups in total. The van der Waals surface area contributed by atoms with Crippen molar-refractivity contribution in [2.45, 2.75) is 26.7 Å². The van der Waals surface area contributed by atoms with Gasteiger partial charge in [-0.25, -0.2) is 9.37 Å². The largest absolute Gasteiger partial charge is 0.494 e. The van der Waals surface area contributed by atoms with Crippen LogP contribution >= 0.6 is 0 Å². The van der Waals surface area contributed by atoms with Gasteiger partial charge in [0, 0.05) is 17.3 Å². The first-order valence-electron chi connectivity index (χ1n) is 10.3. The molecule has 0 spiro atoms. The van der Waals surface area contributed by atoms with Gasteiger partial charge in [0.15, 0.2) is 0 Å². The molecule has 5 nitrogen and oxygen atoms in total. The number of unbranched alkanes of at least 4 members (excludes halogenated alkanes) is 1. The van der Waals surface area contributed by atoms with Gasteiger partial charge in [0.1, 0.15) is 28.7 Å². The van der Waals surface area contributed by atoms with Crippen LogP contribution in [0.3, 0.4) is 0 Å². The summed E-state index contributed by atoms with van der Waals surface area (Å²) in [7, 11) is 0. The highest BCUT2D eigenvalue weighted by atomic mass is 19.1. The summed E-state index contributed by atoms with van der Waals surface area (Å²) in [5.74, 6) is 0.693. The lowest BCUT2D eigenvalue weighted by Crippen LogP contribution is -2.14. The third-order valence-corrected chi connectivity index (χ3v) is 5.01. The standard InChI is InChI=1S/C25H24FN3O2/c1-3-4-15-31-21-11-7-19(8-12-21)25(30)28-24-23(18-5-9-20(26)10-6-18)27-22-16-17(2)13-14-29(22)24/h5-14,16H,3-4,15H2,1-2H3,(H,28,30). The van der Waals surface area contributed by atoms with Crippen molar-refractivity contribution >= 4 is 17.4 Å². The number of hydrogen-bond donors (Lipinski definition) is 1. The quantitative estimate of drug-likeness (QED) is 0.382. The van der Waals surface area contributed by atoms with Crippen molar-refractivity contribution in [1.29, 1.82) is 0 Å². The predicted octanol–water partition coefficient (Wildman–Crippen LogP) is 5.88. The van der Waals surface area contributed by atoms with Gasteiger partial charge in [-0.3, -0.25) is 9.20 Å². The van der Waals surface area contributed by atoms with Crippen molar-refractivity contribution in [2.24, 2.45) is 0 Å². The van der Waals surface area contributed by atoms with Crippen molar-refractivity contribution in [1.82, 2.24) is 9.38 Å². The SMILES string of the molecule is CCCCOc1ccc(C(=O)Nc2c(-c3ccc(F)cc3)nc3cc(C)ccn23)cc1. The number of aromatic nitrogens is 2. The van der Waals surface area contributed by atoms with E-state index in [-0.39, 0.29) is 11.7 Å². The Morgan fingerprint density at radius 3 is 2.55 bits per heavy atom. The molecule has 4 aromatic rings. The summed E-state index contributed by atoms with van der Waals surface area (Å²) < 4.78 is 20.9. The van der Waals surface area contributed by atoms with Gasteiger partial charge in [0.05, 0.1) is 6.61 Å². The van der Waals surface area contributed by atoms with E-state index in [0.717, 1.165) is 29.7 Å². The zero-order valence-electron chi connectivity index (χ0n) is 17.6. The molecule has 0 saturated heterocycles. The summed E-state index contributed by atoms with van der Waals surface area (Å²) in [6.07, 6.45) is 3.92. The molecule has 31 heavy (non-hydrogen) atoms. The third-order valence-electron chi connectivity index (χ3n) is 5.01. The van der Waals surface area contributed by atoms with Gasteiger partial charge >= 0.3 is 0 Å². The average Bonchev–Trinajstić information content (AvgIpc) is 3.12. The molecule has 0 bridgehead atoms. The number of fused-ring (bicyclic) bond motifs is 1. The summed E-state index contributed by atoms with van der Waals surface area (Å²) in [5, 5.41) is 2.98. The van der Waals surface area contributed by atoms with Crippen LogP contribution in [-0.4, -0.2) is 21.9 Å².